The Bertz CT molecular complexity index is 1320. The van der Waals surface area contributed by atoms with Crippen molar-refractivity contribution in [2.45, 2.75) is 5.92 Å². The molecule has 0 saturated carbocycles. The van der Waals surface area contributed by atoms with Crippen LogP contribution in [0.2, 0.25) is 0 Å². The van der Waals surface area contributed by atoms with Gasteiger partial charge in [-0.1, -0.05) is 36.4 Å². The number of nitrogens with one attached hydrogen (secondary N) is 2. The molecule has 1 aliphatic carbocycles. The molecule has 1 atom stereocenters. The summed E-state index contributed by atoms with van der Waals surface area (Å²) in [5.41, 5.74) is 1.96. The first-order valence-electron chi connectivity index (χ1n) is 8.71. The van der Waals surface area contributed by atoms with E-state index in [1.54, 1.807) is 31.3 Å². The molecule has 2 heterocycles. The number of halogens is 1. The summed E-state index contributed by atoms with van der Waals surface area (Å²) in [5, 5.41) is 3.13. The minimum atomic E-state index is -0.720. The number of fused-ring (bicyclic) bond motifs is 3. The molecule has 7 heteroatoms. The fourth-order valence-electron chi connectivity index (χ4n) is 4.02. The lowest BCUT2D eigenvalue weighted by Crippen LogP contribution is -2.37. The van der Waals surface area contributed by atoms with E-state index >= 15 is 0 Å². The third-order valence-corrected chi connectivity index (χ3v) is 5.34. The van der Waals surface area contributed by atoms with Crippen LogP contribution in [0.3, 0.4) is 0 Å². The van der Waals surface area contributed by atoms with Gasteiger partial charge in [0.15, 0.2) is 5.78 Å². The van der Waals surface area contributed by atoms with Crippen LogP contribution < -0.4 is 16.6 Å². The lowest BCUT2D eigenvalue weighted by Gasteiger charge is -2.28. The number of carbonyl (C=O) groups excluding carboxylic acids is 1. The number of hydrogen-bond acceptors (Lipinski definition) is 4. The van der Waals surface area contributed by atoms with Gasteiger partial charge in [0.1, 0.15) is 11.6 Å². The molecule has 2 aliphatic rings. The number of nitrogens with zero attached hydrogens (tertiary/aromatic N) is 1. The van der Waals surface area contributed by atoms with E-state index in [9.17, 15) is 18.8 Å². The minimum Gasteiger partial charge on any atom is -0.340 e. The number of aromatic amines is 1. The molecule has 0 radical (unpaired) electrons. The Hall–Kier alpha value is -3.74. The van der Waals surface area contributed by atoms with Crippen molar-refractivity contribution in [3.63, 3.8) is 0 Å². The maximum absolute atomic E-state index is 13.5. The molecule has 2 aromatic carbocycles. The van der Waals surface area contributed by atoms with Gasteiger partial charge in [-0.3, -0.25) is 19.1 Å². The zero-order valence-electron chi connectivity index (χ0n) is 14.7. The SMILES string of the molecule is Cn1c2c(c(=O)[nH]c1=O)C(c1ccc(F)cc1)C1=C(N2)c2ccccc2C1=O. The summed E-state index contributed by atoms with van der Waals surface area (Å²) in [7, 11) is 1.54. The standard InChI is InChI=1S/C21H14FN3O3/c1-25-19-16(20(27)24-21(25)28)14(10-6-8-11(22)9-7-10)15-17(23-19)12-4-2-3-5-13(12)18(15)26/h2-9,14,23H,1H3,(H,24,27,28). The molecular weight excluding hydrogens is 361 g/mol. The smallest absolute Gasteiger partial charge is 0.329 e. The highest BCUT2D eigenvalue weighted by Gasteiger charge is 2.42. The number of anilines is 1. The summed E-state index contributed by atoms with van der Waals surface area (Å²) >= 11 is 0. The number of benzene rings is 2. The predicted octanol–water partition coefficient (Wildman–Crippen LogP) is 2.38. The number of allylic oxidation sites excluding steroid dienone is 1. The predicted molar refractivity (Wildman–Crippen MR) is 102 cm³/mol. The third kappa shape index (κ3) is 2.10. The van der Waals surface area contributed by atoms with E-state index in [2.05, 4.69) is 10.3 Å². The second-order valence-corrected chi connectivity index (χ2v) is 6.85. The summed E-state index contributed by atoms with van der Waals surface area (Å²) in [6.45, 7) is 0. The first-order chi connectivity index (χ1) is 13.5. The van der Waals surface area contributed by atoms with Crippen molar-refractivity contribution in [3.05, 3.63) is 103 Å². The van der Waals surface area contributed by atoms with Gasteiger partial charge in [0.25, 0.3) is 5.56 Å². The zero-order chi connectivity index (χ0) is 19.6. The molecule has 0 amide bonds. The van der Waals surface area contributed by atoms with Gasteiger partial charge in [0.2, 0.25) is 0 Å². The average molecular weight is 375 g/mol. The largest absolute Gasteiger partial charge is 0.340 e. The summed E-state index contributed by atoms with van der Waals surface area (Å²) in [4.78, 5) is 40.4. The van der Waals surface area contributed by atoms with Crippen LogP contribution in [0, 0.1) is 5.82 Å². The molecule has 28 heavy (non-hydrogen) atoms. The number of ketones is 1. The Morgan fingerprint density at radius 1 is 0.964 bits per heavy atom. The van der Waals surface area contributed by atoms with Gasteiger partial charge in [-0.25, -0.2) is 9.18 Å². The molecule has 6 nitrogen and oxygen atoms in total. The van der Waals surface area contributed by atoms with Crippen LogP contribution >= 0.6 is 0 Å². The van der Waals surface area contributed by atoms with E-state index in [-0.39, 0.29) is 11.3 Å². The number of rotatable bonds is 1. The number of H-pyrrole nitrogens is 1. The fraction of sp³-hybridized carbons (Fsp3) is 0.0952. The number of hydrogen-bond donors (Lipinski definition) is 2. The van der Waals surface area contributed by atoms with Gasteiger partial charge in [-0.15, -0.1) is 0 Å². The van der Waals surface area contributed by atoms with Crippen molar-refractivity contribution in [2.24, 2.45) is 7.05 Å². The van der Waals surface area contributed by atoms with Crippen LogP contribution in [0.1, 0.15) is 33.0 Å². The molecule has 0 bridgehead atoms. The van der Waals surface area contributed by atoms with Gasteiger partial charge in [0, 0.05) is 29.7 Å². The summed E-state index contributed by atoms with van der Waals surface area (Å²) < 4.78 is 14.8. The quantitative estimate of drug-likeness (QED) is 0.684. The molecule has 0 fully saturated rings. The van der Waals surface area contributed by atoms with E-state index in [1.807, 2.05) is 12.1 Å². The van der Waals surface area contributed by atoms with Crippen LogP contribution in [0.25, 0.3) is 5.70 Å². The highest BCUT2D eigenvalue weighted by molar-refractivity contribution is 6.23. The summed E-state index contributed by atoms with van der Waals surface area (Å²) in [6.07, 6.45) is 0. The number of carbonyl (C=O) groups is 1. The average Bonchev–Trinajstić information content (AvgIpc) is 2.98. The van der Waals surface area contributed by atoms with Crippen molar-refractivity contribution in [3.8, 4) is 0 Å². The second kappa shape index (κ2) is 5.63. The van der Waals surface area contributed by atoms with Gasteiger partial charge in [-0.2, -0.15) is 0 Å². The van der Waals surface area contributed by atoms with Crippen molar-refractivity contribution in [1.29, 1.82) is 0 Å². The lowest BCUT2D eigenvalue weighted by atomic mass is 9.81. The molecule has 2 N–H and O–H groups in total. The topological polar surface area (TPSA) is 84.0 Å². The molecule has 1 aliphatic heterocycles. The summed E-state index contributed by atoms with van der Waals surface area (Å²) in [5.74, 6) is -0.998. The Kier molecular flexibility index (Phi) is 3.30. The molecule has 1 aromatic heterocycles. The van der Waals surface area contributed by atoms with Gasteiger partial charge in [-0.05, 0) is 17.7 Å². The van der Waals surface area contributed by atoms with Crippen molar-refractivity contribution in [2.75, 3.05) is 5.32 Å². The van der Waals surface area contributed by atoms with Crippen molar-refractivity contribution in [1.82, 2.24) is 9.55 Å². The second-order valence-electron chi connectivity index (χ2n) is 6.85. The highest BCUT2D eigenvalue weighted by Crippen LogP contribution is 2.47. The molecule has 1 unspecified atom stereocenters. The maximum Gasteiger partial charge on any atom is 0.329 e. The molecule has 5 rings (SSSR count). The molecular formula is C21H14FN3O3. The normalized spacial score (nSPS) is 17.1. The molecule has 0 spiro atoms. The van der Waals surface area contributed by atoms with E-state index in [4.69, 9.17) is 0 Å². The Labute approximate surface area is 158 Å². The first kappa shape index (κ1) is 16.4. The van der Waals surface area contributed by atoms with Gasteiger partial charge >= 0.3 is 5.69 Å². The molecule has 3 aromatic rings. The fourth-order valence-corrected chi connectivity index (χ4v) is 4.02. The summed E-state index contributed by atoms with van der Waals surface area (Å²) in [6, 6.07) is 12.8. The van der Waals surface area contributed by atoms with Crippen LogP contribution in [0.5, 0.6) is 0 Å². The third-order valence-electron chi connectivity index (χ3n) is 5.34. The van der Waals surface area contributed by atoms with E-state index < -0.39 is 23.0 Å². The van der Waals surface area contributed by atoms with Crippen LogP contribution in [-0.2, 0) is 7.05 Å². The van der Waals surface area contributed by atoms with E-state index in [0.29, 0.717) is 33.8 Å². The van der Waals surface area contributed by atoms with Crippen LogP contribution in [-0.4, -0.2) is 15.3 Å². The first-order valence-corrected chi connectivity index (χ1v) is 8.71. The van der Waals surface area contributed by atoms with Gasteiger partial charge < -0.3 is 5.32 Å². The Balaban J connectivity index is 1.87. The zero-order valence-corrected chi connectivity index (χ0v) is 14.7. The molecule has 0 saturated heterocycles. The maximum atomic E-state index is 13.5. The van der Waals surface area contributed by atoms with Crippen LogP contribution in [0.4, 0.5) is 10.2 Å². The number of aromatic nitrogens is 2. The molecule has 138 valence electrons. The van der Waals surface area contributed by atoms with E-state index in [1.165, 1.54) is 16.7 Å². The lowest BCUT2D eigenvalue weighted by molar-refractivity contribution is 0.103. The highest BCUT2D eigenvalue weighted by atomic mass is 19.1. The Morgan fingerprint density at radius 2 is 1.64 bits per heavy atom. The van der Waals surface area contributed by atoms with Crippen molar-refractivity contribution < 1.29 is 9.18 Å². The Morgan fingerprint density at radius 3 is 2.36 bits per heavy atom. The number of Topliss-reactive ketones (excluding diaryl/α,β-unsaturated/α-hetero) is 1. The minimum absolute atomic E-state index is 0.189. The van der Waals surface area contributed by atoms with Crippen molar-refractivity contribution >= 4 is 17.3 Å². The monoisotopic (exact) mass is 375 g/mol. The van der Waals surface area contributed by atoms with Crippen LogP contribution in [0.15, 0.2) is 63.7 Å². The van der Waals surface area contributed by atoms with Gasteiger partial charge in [0.05, 0.1) is 11.3 Å². The van der Waals surface area contributed by atoms with E-state index in [0.717, 1.165) is 0 Å².